The van der Waals surface area contributed by atoms with Gasteiger partial charge in [0.15, 0.2) is 6.29 Å². The number of aliphatic hydroxyl groups excluding tert-OH is 6. The number of hydrogen-bond donors (Lipinski definition) is 6. The van der Waals surface area contributed by atoms with Crippen LogP contribution in [0, 0.1) is 0 Å². The second-order valence-corrected chi connectivity index (χ2v) is 3.21. The molecule has 0 amide bonds. The molecule has 1 saturated heterocycles. The topological polar surface area (TPSA) is 131 Å². The quantitative estimate of drug-likeness (QED) is 0.281. The zero-order valence-corrected chi connectivity index (χ0v) is 7.26. The van der Waals surface area contributed by atoms with E-state index in [9.17, 15) is 10.2 Å². The first-order chi connectivity index (χ1) is 6.49. The summed E-state index contributed by atoms with van der Waals surface area (Å²) in [5.41, 5.74) is 0. The Hall–Kier alpha value is -0.280. The van der Waals surface area contributed by atoms with Gasteiger partial charge in [-0.2, -0.15) is 0 Å². The van der Waals surface area contributed by atoms with Crippen molar-refractivity contribution in [1.29, 1.82) is 0 Å². The van der Waals surface area contributed by atoms with Gasteiger partial charge in [0.2, 0.25) is 0 Å². The molecule has 0 radical (unpaired) electrons. The minimum atomic E-state index is -1.60. The number of aliphatic hydroxyl groups is 6. The fraction of sp³-hybridized carbons (Fsp3) is 1.00. The van der Waals surface area contributed by atoms with Crippen LogP contribution in [0.5, 0.6) is 0 Å². The van der Waals surface area contributed by atoms with Crippen molar-refractivity contribution >= 4 is 0 Å². The van der Waals surface area contributed by atoms with E-state index in [2.05, 4.69) is 4.74 Å². The molecule has 7 nitrogen and oxygen atoms in total. The van der Waals surface area contributed by atoms with E-state index in [0.717, 1.165) is 0 Å². The van der Waals surface area contributed by atoms with Gasteiger partial charge in [0.05, 0.1) is 6.61 Å². The predicted molar refractivity (Wildman–Crippen MR) is 42.0 cm³/mol. The highest BCUT2D eigenvalue weighted by Crippen LogP contribution is 2.23. The van der Waals surface area contributed by atoms with Crippen LogP contribution >= 0.6 is 0 Å². The third-order valence-electron chi connectivity index (χ3n) is 2.19. The van der Waals surface area contributed by atoms with Crippen LogP contribution < -0.4 is 0 Å². The lowest BCUT2D eigenvalue weighted by Crippen LogP contribution is -2.46. The Morgan fingerprint density at radius 1 is 1.07 bits per heavy atom. The lowest BCUT2D eigenvalue weighted by Gasteiger charge is -2.23. The third-order valence-corrected chi connectivity index (χ3v) is 2.19. The summed E-state index contributed by atoms with van der Waals surface area (Å²) in [4.78, 5) is 0. The molecule has 2 unspecified atom stereocenters. The van der Waals surface area contributed by atoms with Gasteiger partial charge in [-0.15, -0.1) is 0 Å². The fourth-order valence-corrected chi connectivity index (χ4v) is 1.29. The summed E-state index contributed by atoms with van der Waals surface area (Å²) < 4.78 is 4.61. The van der Waals surface area contributed by atoms with E-state index in [1.54, 1.807) is 0 Å². The Morgan fingerprint density at radius 2 is 1.64 bits per heavy atom. The molecule has 1 fully saturated rings. The van der Waals surface area contributed by atoms with Gasteiger partial charge in [0.25, 0.3) is 0 Å². The molecule has 0 aliphatic carbocycles. The highest BCUT2D eigenvalue weighted by atomic mass is 16.6. The first-order valence-electron chi connectivity index (χ1n) is 4.15. The summed E-state index contributed by atoms with van der Waals surface area (Å²) in [6, 6.07) is 0. The van der Waals surface area contributed by atoms with E-state index in [1.807, 2.05) is 0 Å². The molecular weight excluding hydrogens is 196 g/mol. The molecule has 6 atom stereocenters. The lowest BCUT2D eigenvalue weighted by atomic mass is 10.0. The highest BCUT2D eigenvalue weighted by Gasteiger charge is 2.46. The van der Waals surface area contributed by atoms with Crippen molar-refractivity contribution in [3.8, 4) is 0 Å². The van der Waals surface area contributed by atoms with Crippen LogP contribution in [0.25, 0.3) is 0 Å². The molecule has 1 aliphatic rings. The molecule has 6 N–H and O–H groups in total. The second-order valence-electron chi connectivity index (χ2n) is 3.21. The zero-order chi connectivity index (χ0) is 10.9. The normalized spacial score (nSPS) is 42.4. The van der Waals surface area contributed by atoms with Crippen LogP contribution in [0.4, 0.5) is 0 Å². The van der Waals surface area contributed by atoms with E-state index in [1.165, 1.54) is 0 Å². The number of rotatable bonds is 3. The first kappa shape index (κ1) is 11.8. The van der Waals surface area contributed by atoms with Gasteiger partial charge < -0.3 is 35.4 Å². The summed E-state index contributed by atoms with van der Waals surface area (Å²) >= 11 is 0. The van der Waals surface area contributed by atoms with Crippen molar-refractivity contribution in [3.05, 3.63) is 0 Å². The summed E-state index contributed by atoms with van der Waals surface area (Å²) in [6.07, 6.45) is -9.01. The zero-order valence-electron chi connectivity index (χ0n) is 7.26. The molecule has 1 heterocycles. The van der Waals surface area contributed by atoms with Crippen LogP contribution in [-0.4, -0.2) is 74.1 Å². The molecule has 7 heteroatoms. The molecule has 0 aromatic heterocycles. The molecule has 0 spiro atoms. The van der Waals surface area contributed by atoms with Crippen LogP contribution in [0.3, 0.4) is 0 Å². The summed E-state index contributed by atoms with van der Waals surface area (Å²) in [5, 5.41) is 54.1. The minimum absolute atomic E-state index is 0.708. The Kier molecular flexibility index (Phi) is 3.78. The van der Waals surface area contributed by atoms with Crippen LogP contribution in [0.1, 0.15) is 0 Å². The smallest absolute Gasteiger partial charge is 0.184 e. The first-order valence-corrected chi connectivity index (χ1v) is 4.15. The summed E-state index contributed by atoms with van der Waals surface area (Å²) in [6.45, 7) is -0.708. The number of hydrogen-bond acceptors (Lipinski definition) is 7. The Morgan fingerprint density at radius 3 is 2.00 bits per heavy atom. The predicted octanol–water partition coefficient (Wildman–Crippen LogP) is -3.86. The average Bonchev–Trinajstić information content (AvgIpc) is 2.43. The second kappa shape index (κ2) is 4.49. The molecular formula is C7H14O7. The van der Waals surface area contributed by atoms with Crippen LogP contribution in [0.2, 0.25) is 0 Å². The Labute approximate surface area is 79.8 Å². The van der Waals surface area contributed by atoms with E-state index >= 15 is 0 Å². The van der Waals surface area contributed by atoms with Crippen molar-refractivity contribution in [2.24, 2.45) is 0 Å². The molecule has 0 bridgehead atoms. The van der Waals surface area contributed by atoms with Crippen LogP contribution in [0.15, 0.2) is 0 Å². The van der Waals surface area contributed by atoms with Crippen molar-refractivity contribution in [2.75, 3.05) is 6.61 Å². The maximum Gasteiger partial charge on any atom is 0.184 e. The van der Waals surface area contributed by atoms with Crippen molar-refractivity contribution < 1.29 is 35.4 Å². The van der Waals surface area contributed by atoms with Crippen molar-refractivity contribution in [1.82, 2.24) is 0 Å². The lowest BCUT2D eigenvalue weighted by molar-refractivity contribution is -0.164. The Balaban J connectivity index is 2.61. The van der Waals surface area contributed by atoms with Crippen molar-refractivity contribution in [3.63, 3.8) is 0 Å². The highest BCUT2D eigenvalue weighted by molar-refractivity contribution is 4.92. The van der Waals surface area contributed by atoms with Crippen molar-refractivity contribution in [2.45, 2.75) is 36.8 Å². The average molecular weight is 210 g/mol. The largest absolute Gasteiger partial charge is 0.394 e. The molecule has 1 rings (SSSR count). The van der Waals surface area contributed by atoms with E-state index in [-0.39, 0.29) is 0 Å². The standard InChI is InChI=1S/C7H14O7/c8-1-2(9)3(10)6-4(11)5(12)7(13)14-6/h2-13H,1H2/t2?,3?,4-,5+,6+,7+/m0/s1. The van der Waals surface area contributed by atoms with Gasteiger partial charge in [0, 0.05) is 0 Å². The molecule has 84 valence electrons. The fourth-order valence-electron chi connectivity index (χ4n) is 1.29. The minimum Gasteiger partial charge on any atom is -0.394 e. The molecule has 0 saturated carbocycles. The van der Waals surface area contributed by atoms with Gasteiger partial charge in [0.1, 0.15) is 30.5 Å². The van der Waals surface area contributed by atoms with E-state index in [4.69, 9.17) is 20.4 Å². The van der Waals surface area contributed by atoms with Gasteiger partial charge >= 0.3 is 0 Å². The maximum atomic E-state index is 9.31. The van der Waals surface area contributed by atoms with Gasteiger partial charge in [-0.3, -0.25) is 0 Å². The van der Waals surface area contributed by atoms with Gasteiger partial charge in [-0.1, -0.05) is 0 Å². The Bertz CT molecular complexity index is 187. The summed E-state index contributed by atoms with van der Waals surface area (Å²) in [7, 11) is 0. The van der Waals surface area contributed by atoms with E-state index < -0.39 is 43.4 Å². The van der Waals surface area contributed by atoms with Gasteiger partial charge in [-0.05, 0) is 0 Å². The van der Waals surface area contributed by atoms with Crippen LogP contribution in [-0.2, 0) is 4.74 Å². The third kappa shape index (κ3) is 2.04. The maximum absolute atomic E-state index is 9.31. The van der Waals surface area contributed by atoms with Gasteiger partial charge in [-0.25, -0.2) is 0 Å². The SMILES string of the molecule is OCC(O)C(O)[C@H]1O[C@@H](O)[C@H](O)[C@@H]1O. The summed E-state index contributed by atoms with van der Waals surface area (Å²) in [5.74, 6) is 0. The van der Waals surface area contributed by atoms with E-state index in [0.29, 0.717) is 0 Å². The molecule has 0 aromatic rings. The molecule has 14 heavy (non-hydrogen) atoms. The molecule has 1 aliphatic heterocycles. The monoisotopic (exact) mass is 210 g/mol. The molecule has 0 aromatic carbocycles. The number of ether oxygens (including phenoxy) is 1.